The van der Waals surface area contributed by atoms with E-state index in [1.807, 2.05) is 6.07 Å². The number of aromatic nitrogens is 2. The minimum absolute atomic E-state index is 0.192. The number of pyridine rings is 1. The molecule has 3 aromatic rings. The first kappa shape index (κ1) is 9.59. The third-order valence-corrected chi connectivity index (χ3v) is 2.34. The summed E-state index contributed by atoms with van der Waals surface area (Å²) in [5.74, 6) is -0.685. The van der Waals surface area contributed by atoms with Crippen LogP contribution in [0, 0.1) is 6.07 Å². The molecule has 0 bridgehead atoms. The van der Waals surface area contributed by atoms with E-state index in [0.717, 1.165) is 0 Å². The molecule has 0 aliphatic rings. The van der Waals surface area contributed by atoms with E-state index >= 15 is 0 Å². The summed E-state index contributed by atoms with van der Waals surface area (Å²) in [6.07, 6.45) is 1.50. The molecule has 3 heterocycles. The second-order valence-corrected chi connectivity index (χ2v) is 3.39. The van der Waals surface area contributed by atoms with Crippen molar-refractivity contribution in [2.75, 3.05) is 0 Å². The summed E-state index contributed by atoms with van der Waals surface area (Å²) in [6, 6.07) is 6.93. The normalized spacial score (nSPS) is 11.1. The first-order valence-electron chi connectivity index (χ1n) is 4.73. The molecule has 0 aliphatic heterocycles. The molecule has 0 unspecified atom stereocenters. The van der Waals surface area contributed by atoms with Gasteiger partial charge in [0.05, 0.1) is 0 Å². The summed E-state index contributed by atoms with van der Waals surface area (Å²) in [4.78, 5) is 27.5. The van der Waals surface area contributed by atoms with E-state index in [-0.39, 0.29) is 11.1 Å². The zero-order chi connectivity index (χ0) is 12.0. The number of fused-ring (bicyclic) bond motifs is 2. The average molecular weight is 229 g/mol. The van der Waals surface area contributed by atoms with Crippen LogP contribution in [0.5, 0.6) is 5.95 Å². The van der Waals surface area contributed by atoms with Crippen LogP contribution in [0.2, 0.25) is 0 Å². The number of hydrogen-bond acceptors (Lipinski definition) is 5. The molecule has 0 radical (unpaired) electrons. The van der Waals surface area contributed by atoms with Crippen LogP contribution in [0.4, 0.5) is 0 Å². The Balaban J connectivity index is 2.70. The predicted octanol–water partition coefficient (Wildman–Crippen LogP) is 0.307. The van der Waals surface area contributed by atoms with Crippen molar-refractivity contribution in [3.63, 3.8) is 0 Å². The topological polar surface area (TPSA) is 84.8 Å². The Labute approximate surface area is 93.4 Å². The number of aromatic hydroxyl groups is 1. The monoisotopic (exact) mass is 229 g/mol. The lowest BCUT2D eigenvalue weighted by atomic mass is 10.3. The maximum Gasteiger partial charge on any atom is 0.190 e. The van der Waals surface area contributed by atoms with E-state index < -0.39 is 16.9 Å². The Kier molecular flexibility index (Phi) is 1.79. The highest BCUT2D eigenvalue weighted by Gasteiger charge is 2.03. The molecule has 6 heteroatoms. The summed E-state index contributed by atoms with van der Waals surface area (Å²) in [7, 11) is 0. The summed E-state index contributed by atoms with van der Waals surface area (Å²) in [5.41, 5.74) is -1.14. The Hall–Kier alpha value is -2.63. The Morgan fingerprint density at radius 2 is 2.18 bits per heavy atom. The SMILES string of the molecule is O=c1[c-]c(O)oc2nc3ccccn3c(=O)c12. The number of hydrogen-bond donors (Lipinski definition) is 1. The van der Waals surface area contributed by atoms with Crippen LogP contribution in [-0.4, -0.2) is 14.5 Å². The highest BCUT2D eigenvalue weighted by Crippen LogP contribution is 2.11. The second-order valence-electron chi connectivity index (χ2n) is 3.39. The van der Waals surface area contributed by atoms with E-state index in [0.29, 0.717) is 5.65 Å². The van der Waals surface area contributed by atoms with Gasteiger partial charge in [-0.25, -0.2) is 4.98 Å². The average Bonchev–Trinajstić information content (AvgIpc) is 2.28. The molecule has 0 aliphatic carbocycles. The molecule has 1 N–H and O–H groups in total. The third kappa shape index (κ3) is 1.31. The smallest absolute Gasteiger partial charge is 0.190 e. The summed E-state index contributed by atoms with van der Waals surface area (Å²) in [5, 5.41) is 8.87. The lowest BCUT2D eigenvalue weighted by molar-refractivity contribution is 0.335. The van der Waals surface area contributed by atoms with Crippen molar-refractivity contribution in [1.29, 1.82) is 0 Å². The molecule has 6 nitrogen and oxygen atoms in total. The Morgan fingerprint density at radius 1 is 1.35 bits per heavy atom. The zero-order valence-electron chi connectivity index (χ0n) is 8.38. The molecule has 84 valence electrons. The highest BCUT2D eigenvalue weighted by molar-refractivity contribution is 5.73. The van der Waals surface area contributed by atoms with Crippen LogP contribution in [0.3, 0.4) is 0 Å². The number of rotatable bonds is 0. The molecule has 0 saturated heterocycles. The van der Waals surface area contributed by atoms with Crippen molar-refractivity contribution in [3.8, 4) is 5.95 Å². The first-order chi connectivity index (χ1) is 8.16. The first-order valence-corrected chi connectivity index (χ1v) is 4.73. The molecular formula is C11H5N2O4-. The van der Waals surface area contributed by atoms with E-state index in [1.165, 1.54) is 10.6 Å². The van der Waals surface area contributed by atoms with Crippen LogP contribution in [0.1, 0.15) is 0 Å². The van der Waals surface area contributed by atoms with Crippen molar-refractivity contribution in [3.05, 3.63) is 51.0 Å². The van der Waals surface area contributed by atoms with Crippen molar-refractivity contribution in [2.45, 2.75) is 0 Å². The van der Waals surface area contributed by atoms with Gasteiger partial charge in [0, 0.05) is 11.6 Å². The molecule has 0 saturated carbocycles. The molecule has 0 spiro atoms. The molecule has 0 fully saturated rings. The summed E-state index contributed by atoms with van der Waals surface area (Å²) >= 11 is 0. The largest absolute Gasteiger partial charge is 0.495 e. The fraction of sp³-hybridized carbons (Fsp3) is 0. The van der Waals surface area contributed by atoms with Crippen molar-refractivity contribution in [1.82, 2.24) is 9.38 Å². The van der Waals surface area contributed by atoms with Crippen molar-refractivity contribution >= 4 is 16.7 Å². The van der Waals surface area contributed by atoms with Crippen molar-refractivity contribution in [2.24, 2.45) is 0 Å². The van der Waals surface area contributed by atoms with Gasteiger partial charge in [0.15, 0.2) is 17.2 Å². The van der Waals surface area contributed by atoms with Gasteiger partial charge in [0.1, 0.15) is 5.65 Å². The second kappa shape index (κ2) is 3.18. The molecular weight excluding hydrogens is 224 g/mol. The van der Waals surface area contributed by atoms with Gasteiger partial charge in [-0.05, 0) is 17.5 Å². The fourth-order valence-corrected chi connectivity index (χ4v) is 1.61. The van der Waals surface area contributed by atoms with Crippen LogP contribution in [-0.2, 0) is 0 Å². The quantitative estimate of drug-likeness (QED) is 0.443. The van der Waals surface area contributed by atoms with Crippen LogP contribution in [0.15, 0.2) is 38.4 Å². The zero-order valence-corrected chi connectivity index (χ0v) is 8.38. The van der Waals surface area contributed by atoms with Gasteiger partial charge in [-0.2, -0.15) is 0 Å². The van der Waals surface area contributed by atoms with Gasteiger partial charge < -0.3 is 14.3 Å². The predicted molar refractivity (Wildman–Crippen MR) is 58.0 cm³/mol. The van der Waals surface area contributed by atoms with Crippen LogP contribution >= 0.6 is 0 Å². The minimum atomic E-state index is -0.737. The standard InChI is InChI=1S/C11H5N2O4/c14-6-5-8(15)17-10-9(6)11(16)13-4-2-1-3-7(13)12-10/h1-4,15H/q-1. The van der Waals surface area contributed by atoms with Gasteiger partial charge in [-0.15, -0.1) is 6.07 Å². The highest BCUT2D eigenvalue weighted by atomic mass is 16.5. The molecule has 0 aromatic carbocycles. The van der Waals surface area contributed by atoms with Gasteiger partial charge in [0.25, 0.3) is 0 Å². The lowest BCUT2D eigenvalue weighted by Crippen LogP contribution is -2.20. The maximum atomic E-state index is 12.0. The molecule has 3 aromatic heterocycles. The van der Waals surface area contributed by atoms with Gasteiger partial charge >= 0.3 is 0 Å². The van der Waals surface area contributed by atoms with Crippen LogP contribution < -0.4 is 11.0 Å². The van der Waals surface area contributed by atoms with Gasteiger partial charge in [0.2, 0.25) is 0 Å². The Bertz CT molecular complexity index is 847. The van der Waals surface area contributed by atoms with E-state index in [9.17, 15) is 9.59 Å². The van der Waals surface area contributed by atoms with Crippen LogP contribution in [0.25, 0.3) is 16.7 Å². The molecule has 17 heavy (non-hydrogen) atoms. The molecule has 0 atom stereocenters. The van der Waals surface area contributed by atoms with E-state index in [4.69, 9.17) is 9.52 Å². The fourth-order valence-electron chi connectivity index (χ4n) is 1.61. The third-order valence-electron chi connectivity index (χ3n) is 2.34. The lowest BCUT2D eigenvalue weighted by Gasteiger charge is -2.07. The molecule has 3 rings (SSSR count). The summed E-state index contributed by atoms with van der Waals surface area (Å²) < 4.78 is 6.03. The van der Waals surface area contributed by atoms with Crippen molar-refractivity contribution < 1.29 is 9.52 Å². The van der Waals surface area contributed by atoms with E-state index in [1.54, 1.807) is 18.2 Å². The van der Waals surface area contributed by atoms with E-state index in [2.05, 4.69) is 4.98 Å². The minimum Gasteiger partial charge on any atom is -0.495 e. The van der Waals surface area contributed by atoms with Gasteiger partial charge in [-0.1, -0.05) is 6.07 Å². The molecule has 0 amide bonds. The Morgan fingerprint density at radius 3 is 3.00 bits per heavy atom. The van der Waals surface area contributed by atoms with Gasteiger partial charge in [-0.3, -0.25) is 9.20 Å². The number of nitrogens with zero attached hydrogens (tertiary/aromatic N) is 2. The summed E-state index contributed by atoms with van der Waals surface area (Å²) in [6.45, 7) is 0. The maximum absolute atomic E-state index is 12.0.